The van der Waals surface area contributed by atoms with E-state index in [0.29, 0.717) is 6.42 Å². The fourth-order valence-electron chi connectivity index (χ4n) is 11.2. The van der Waals surface area contributed by atoms with E-state index in [1.165, 1.54) is 108 Å². The molecule has 6 aromatic carbocycles. The van der Waals surface area contributed by atoms with Crippen LogP contribution in [0.1, 0.15) is 132 Å². The molecule has 102 heavy (non-hydrogen) atoms. The Balaban J connectivity index is 0.000000165. The summed E-state index contributed by atoms with van der Waals surface area (Å²) in [5, 5.41) is 84.1. The van der Waals surface area contributed by atoms with Gasteiger partial charge in [-0.05, 0) is 80.3 Å². The molecule has 510 valence electrons. The van der Waals surface area contributed by atoms with Gasteiger partial charge in [0.2, 0.25) is 17.1 Å². The first-order valence-electron chi connectivity index (χ1n) is 29.3. The number of nitrogens with zero attached hydrogens (tertiary/aromatic N) is 12. The second-order valence-electron chi connectivity index (χ2n) is 22.3. The highest BCUT2D eigenvalue weighted by Crippen LogP contribution is 2.49. The van der Waals surface area contributed by atoms with E-state index in [1.807, 2.05) is 6.92 Å². The monoisotopic (exact) mass is 1490 g/mol. The van der Waals surface area contributed by atoms with Gasteiger partial charge in [-0.15, -0.1) is 30.7 Å². The largest absolute Gasteiger partial charge is 0.507 e. The Hall–Kier alpha value is -12.0. The molecule has 12 rings (SSSR count). The molecular formula is C69H42Cl6N12O15. The molecule has 0 fully saturated rings. The van der Waals surface area contributed by atoms with Crippen LogP contribution in [0, 0.1) is 40.5 Å². The summed E-state index contributed by atoms with van der Waals surface area (Å²) in [6.45, 7) is 28.2. The van der Waals surface area contributed by atoms with Crippen molar-refractivity contribution in [3.63, 3.8) is 0 Å². The van der Waals surface area contributed by atoms with Crippen molar-refractivity contribution in [2.45, 2.75) is 47.1 Å². The van der Waals surface area contributed by atoms with Crippen molar-refractivity contribution < 1.29 is 59.4 Å². The average molecular weight is 1490 g/mol. The summed E-state index contributed by atoms with van der Waals surface area (Å²) in [4.78, 5) is 127. The van der Waals surface area contributed by atoms with Crippen LogP contribution in [-0.2, 0) is 20.6 Å². The fraction of sp³-hybridized carbons (Fsp3) is 0.130. The molecule has 0 saturated heterocycles. The second kappa shape index (κ2) is 28.3. The molecule has 0 radical (unpaired) electrons. The number of carbonyl (C=O) groups is 6. The molecule has 9 aromatic rings. The molecule has 0 bridgehead atoms. The van der Waals surface area contributed by atoms with Crippen LogP contribution >= 0.6 is 69.6 Å². The zero-order valence-corrected chi connectivity index (χ0v) is 57.6. The molecule has 6 N–H and O–H groups in total. The molecule has 3 heterocycles. The number of benzene rings is 6. The number of phenols is 3. The zero-order chi connectivity index (χ0) is 74.7. The maximum atomic E-state index is 13.4. The number of unbranched alkanes of at least 4 members (excludes halogenated alkanes) is 1. The zero-order valence-electron chi connectivity index (χ0n) is 53.0. The maximum Gasteiger partial charge on any atom is 0.279 e. The quantitative estimate of drug-likeness (QED) is 0.0578. The van der Waals surface area contributed by atoms with E-state index in [1.54, 1.807) is 0 Å². The molecule has 3 aliphatic carbocycles. The van der Waals surface area contributed by atoms with Crippen molar-refractivity contribution in [1.82, 2.24) is 13.7 Å². The Labute approximate surface area is 603 Å². The average Bonchev–Trinajstić information content (AvgIpc) is 0.743. The van der Waals surface area contributed by atoms with Crippen LogP contribution in [0.5, 0.6) is 34.9 Å². The van der Waals surface area contributed by atoms with Crippen molar-refractivity contribution >= 4 is 155 Å². The van der Waals surface area contributed by atoms with Crippen LogP contribution in [0.3, 0.4) is 0 Å². The van der Waals surface area contributed by atoms with Gasteiger partial charge in [-0.3, -0.25) is 56.9 Å². The molecule has 0 aliphatic heterocycles. The van der Waals surface area contributed by atoms with Crippen LogP contribution in [0.4, 0.5) is 51.2 Å². The van der Waals surface area contributed by atoms with Gasteiger partial charge in [0, 0.05) is 37.3 Å². The normalized spacial score (nSPS) is 12.6. The molecule has 27 nitrogen and oxygen atoms in total. The van der Waals surface area contributed by atoms with E-state index in [0.717, 1.165) is 20.1 Å². The summed E-state index contributed by atoms with van der Waals surface area (Å²) >= 11 is 37.6. The van der Waals surface area contributed by atoms with Crippen molar-refractivity contribution in [2.75, 3.05) is 0 Å². The molecule has 0 spiro atoms. The molecule has 0 unspecified atom stereocenters. The van der Waals surface area contributed by atoms with Gasteiger partial charge in [0.1, 0.15) is 51.4 Å². The second-order valence-corrected chi connectivity index (χ2v) is 24.7. The van der Waals surface area contributed by atoms with Crippen LogP contribution in [0.25, 0.3) is 14.5 Å². The lowest BCUT2D eigenvalue weighted by Crippen LogP contribution is -2.22. The number of carbonyl (C=O) groups excluding carboxylic acids is 6. The lowest BCUT2D eigenvalue weighted by atomic mass is 9.82. The summed E-state index contributed by atoms with van der Waals surface area (Å²) < 4.78 is 2.72. The van der Waals surface area contributed by atoms with Gasteiger partial charge in [0.05, 0.1) is 99.9 Å². The van der Waals surface area contributed by atoms with E-state index in [2.05, 4.69) is 45.2 Å². The highest BCUT2D eigenvalue weighted by atomic mass is 35.5. The van der Waals surface area contributed by atoms with Gasteiger partial charge in [-0.1, -0.05) is 119 Å². The molecule has 3 aromatic heterocycles. The number of ketones is 6. The first-order chi connectivity index (χ1) is 48.3. The Bertz CT molecular complexity index is 5580. The third kappa shape index (κ3) is 12.1. The predicted molar refractivity (Wildman–Crippen MR) is 374 cm³/mol. The number of fused-ring (bicyclic) bond motifs is 6. The number of hydrogen-bond donors (Lipinski definition) is 6. The van der Waals surface area contributed by atoms with E-state index in [9.17, 15) is 73.8 Å². The predicted octanol–water partition coefficient (Wildman–Crippen LogP) is 16.7. The minimum atomic E-state index is -0.738. The van der Waals surface area contributed by atoms with Crippen LogP contribution in [0.15, 0.2) is 118 Å². The number of aromatic nitrogens is 3. The number of azo groups is 3. The molecular weight excluding hydrogens is 1450 g/mol. The lowest BCUT2D eigenvalue weighted by Gasteiger charge is -2.21. The summed E-state index contributed by atoms with van der Waals surface area (Å²) in [7, 11) is 2.51. The molecule has 3 aliphatic rings. The van der Waals surface area contributed by atoms with E-state index >= 15 is 0 Å². The highest BCUT2D eigenvalue weighted by molar-refractivity contribution is 6.46. The number of phenolic OH excluding ortho intramolecular Hbond substituents is 3. The molecule has 0 amide bonds. The van der Waals surface area contributed by atoms with Crippen LogP contribution < -0.4 is 16.7 Å². The summed E-state index contributed by atoms with van der Waals surface area (Å²) in [5.74, 6) is -6.67. The van der Waals surface area contributed by atoms with Gasteiger partial charge in [0.25, 0.3) is 16.7 Å². The fourth-order valence-corrected chi connectivity index (χ4v) is 13.0. The number of aromatic hydroxyl groups is 6. The Morgan fingerprint density at radius 3 is 0.931 bits per heavy atom. The standard InChI is InChI=1S/C25H18Cl2N4O5.2C22H12Cl2N4O5/c1-4-5-9-31-24(35)19(28-3)11(2)20(25(31)36)29-30-21-14(27)10-13(26)17-18(21)22(33)12-7-6-8-15(32)16(12)23(17)34;2*1-8-16(25-2)21(32)28(3)22(33)17(8)26-27-18-11(24)7-10(23)14-15(18)19(30)9-5-4-6-12(29)13(9)20(14)31/h6-8,10,32,35H,4-5,9H2,1-2H3;2*4-7,29,32H,1,3H3. The summed E-state index contributed by atoms with van der Waals surface area (Å²) in [5.41, 5.74) is -5.77. The van der Waals surface area contributed by atoms with Gasteiger partial charge in [-0.25, -0.2) is 14.5 Å². The van der Waals surface area contributed by atoms with Gasteiger partial charge in [-0.2, -0.15) is 0 Å². The number of halogens is 6. The third-order valence-electron chi connectivity index (χ3n) is 16.5. The Morgan fingerprint density at radius 1 is 0.373 bits per heavy atom. The Morgan fingerprint density at radius 2 is 0.647 bits per heavy atom. The summed E-state index contributed by atoms with van der Waals surface area (Å²) in [6.07, 6.45) is 1.31. The first kappa shape index (κ1) is 72.7. The van der Waals surface area contributed by atoms with Gasteiger partial charge < -0.3 is 30.6 Å². The van der Waals surface area contributed by atoms with Crippen LogP contribution in [0.2, 0.25) is 30.1 Å². The first-order valence-corrected chi connectivity index (χ1v) is 31.6. The van der Waals surface area contributed by atoms with Gasteiger partial charge in [0.15, 0.2) is 52.3 Å². The van der Waals surface area contributed by atoms with E-state index in [-0.39, 0.29) is 189 Å². The lowest BCUT2D eigenvalue weighted by molar-refractivity contribution is 0.0977. The molecule has 33 heteroatoms. The van der Waals surface area contributed by atoms with Crippen molar-refractivity contribution in [3.05, 3.63) is 252 Å². The minimum Gasteiger partial charge on any atom is -0.507 e. The van der Waals surface area contributed by atoms with Crippen LogP contribution in [-0.4, -0.2) is 79.0 Å². The smallest absolute Gasteiger partial charge is 0.279 e. The molecule has 0 saturated carbocycles. The maximum absolute atomic E-state index is 13.4. The Kier molecular flexibility index (Phi) is 20.2. The topological polar surface area (TPSA) is 377 Å². The van der Waals surface area contributed by atoms with Gasteiger partial charge >= 0.3 is 0 Å². The SMILES string of the molecule is [C-]#[N+]c1c(C)c(N=Nc2c(Cl)cc(Cl)c3c2C(=O)c2cccc(O)c2C3=O)c(=O)n(C)c1O.[C-]#[N+]c1c(C)c(N=Nc2c(Cl)cc(Cl)c3c2C(=O)c2cccc(O)c2C3=O)c(=O)n(C)c1O.[C-]#[N+]c1c(C)c(N=Nc2c(Cl)cc(Cl)c3c2C(=O)c2cccc(O)c2C3=O)c(=O)n(CCCC)c1O. The van der Waals surface area contributed by atoms with Crippen molar-refractivity contribution in [2.24, 2.45) is 44.8 Å². The highest BCUT2D eigenvalue weighted by Gasteiger charge is 2.40. The van der Waals surface area contributed by atoms with E-state index in [4.69, 9.17) is 89.3 Å². The van der Waals surface area contributed by atoms with Crippen molar-refractivity contribution in [1.29, 1.82) is 0 Å². The third-order valence-corrected chi connectivity index (χ3v) is 18.2. The molecule has 0 atom stereocenters. The van der Waals surface area contributed by atoms with Crippen molar-refractivity contribution in [3.8, 4) is 34.9 Å². The summed E-state index contributed by atoms with van der Waals surface area (Å²) in [6, 6.07) is 15.8. The minimum absolute atomic E-state index is 0.0553. The number of hydrogen-bond acceptors (Lipinski definition) is 21. The number of rotatable bonds is 9. The van der Waals surface area contributed by atoms with E-state index < -0.39 is 69.0 Å². The number of pyridine rings is 3.